The van der Waals surface area contributed by atoms with Crippen LogP contribution in [0.25, 0.3) is 0 Å². The maximum atomic E-state index is 11.7. The molecule has 1 rings (SSSR count). The Bertz CT molecular complexity index is 565. The van der Waals surface area contributed by atoms with Crippen molar-refractivity contribution in [1.82, 2.24) is 0 Å². The van der Waals surface area contributed by atoms with Crippen molar-refractivity contribution in [2.24, 2.45) is 5.14 Å². The molecule has 0 heterocycles. The van der Waals surface area contributed by atoms with Gasteiger partial charge < -0.3 is 9.47 Å². The lowest BCUT2D eigenvalue weighted by molar-refractivity contribution is 0.0377. The fraction of sp³-hybridized carbons (Fsp3) is 0.417. The average molecular weight is 287 g/mol. The predicted octanol–water partition coefficient (Wildman–Crippen LogP) is 1.05. The molecule has 0 aliphatic carbocycles. The summed E-state index contributed by atoms with van der Waals surface area (Å²) < 4.78 is 32.9. The molecule has 0 unspecified atom stereocenters. The Morgan fingerprint density at radius 3 is 2.47 bits per heavy atom. The molecule has 0 bridgehead atoms. The second kappa shape index (κ2) is 6.14. The maximum absolute atomic E-state index is 11.7. The van der Waals surface area contributed by atoms with Crippen molar-refractivity contribution in [3.05, 3.63) is 29.3 Å². The summed E-state index contributed by atoms with van der Waals surface area (Å²) in [5.41, 5.74) is 0.531. The van der Waals surface area contributed by atoms with Crippen LogP contribution in [0.15, 0.2) is 23.1 Å². The number of carbonyl (C=O) groups excluding carboxylic acids is 1. The van der Waals surface area contributed by atoms with E-state index in [1.54, 1.807) is 13.8 Å². The van der Waals surface area contributed by atoms with Crippen molar-refractivity contribution in [3.8, 4) is 0 Å². The highest BCUT2D eigenvalue weighted by Gasteiger charge is 2.18. The second-order valence-corrected chi connectivity index (χ2v) is 5.78. The third-order valence-corrected chi connectivity index (χ3v) is 3.25. The first-order valence-corrected chi connectivity index (χ1v) is 7.16. The number of esters is 1. The van der Waals surface area contributed by atoms with Crippen LogP contribution in [0.5, 0.6) is 0 Å². The third-order valence-electron chi connectivity index (χ3n) is 2.25. The van der Waals surface area contributed by atoms with E-state index < -0.39 is 16.0 Å². The number of ether oxygens (including phenoxy) is 2. The molecule has 106 valence electrons. The Morgan fingerprint density at radius 2 is 2.00 bits per heavy atom. The summed E-state index contributed by atoms with van der Waals surface area (Å²) >= 11 is 0. The fourth-order valence-electron chi connectivity index (χ4n) is 1.50. The third kappa shape index (κ3) is 4.30. The van der Waals surface area contributed by atoms with Crippen molar-refractivity contribution >= 4 is 16.0 Å². The van der Waals surface area contributed by atoms with E-state index in [-0.39, 0.29) is 23.2 Å². The van der Waals surface area contributed by atoms with E-state index in [0.29, 0.717) is 5.56 Å². The SMILES string of the molecule is COCc1ccc(C(=O)OC(C)C)cc1S(N)(=O)=O. The highest BCUT2D eigenvalue weighted by molar-refractivity contribution is 7.89. The zero-order chi connectivity index (χ0) is 14.6. The quantitative estimate of drug-likeness (QED) is 0.816. The van der Waals surface area contributed by atoms with Gasteiger partial charge in [-0.25, -0.2) is 18.4 Å². The largest absolute Gasteiger partial charge is 0.459 e. The summed E-state index contributed by atoms with van der Waals surface area (Å²) in [7, 11) is -2.49. The van der Waals surface area contributed by atoms with Crippen LogP contribution in [-0.4, -0.2) is 27.6 Å². The molecule has 0 aliphatic heterocycles. The highest BCUT2D eigenvalue weighted by Crippen LogP contribution is 2.18. The summed E-state index contributed by atoms with van der Waals surface area (Å²) in [6.07, 6.45) is -0.288. The van der Waals surface area contributed by atoms with E-state index in [2.05, 4.69) is 0 Å². The minimum absolute atomic E-state index is 0.0886. The fourth-order valence-corrected chi connectivity index (χ4v) is 2.29. The zero-order valence-corrected chi connectivity index (χ0v) is 11.9. The van der Waals surface area contributed by atoms with Crippen LogP contribution < -0.4 is 5.14 Å². The van der Waals surface area contributed by atoms with Gasteiger partial charge in [-0.15, -0.1) is 0 Å². The first-order valence-electron chi connectivity index (χ1n) is 5.61. The van der Waals surface area contributed by atoms with Crippen molar-refractivity contribution in [1.29, 1.82) is 0 Å². The van der Waals surface area contributed by atoms with E-state index in [9.17, 15) is 13.2 Å². The Hall–Kier alpha value is -1.44. The lowest BCUT2D eigenvalue weighted by atomic mass is 10.1. The molecule has 7 heteroatoms. The van der Waals surface area contributed by atoms with E-state index in [1.807, 2.05) is 0 Å². The molecule has 0 radical (unpaired) electrons. The number of nitrogens with two attached hydrogens (primary N) is 1. The standard InChI is InChI=1S/C12H17NO5S/c1-8(2)18-12(14)9-4-5-10(7-17-3)11(6-9)19(13,15)16/h4-6,8H,7H2,1-3H3,(H2,13,15,16). The topological polar surface area (TPSA) is 95.7 Å². The lowest BCUT2D eigenvalue weighted by Crippen LogP contribution is -2.17. The Kier molecular flexibility index (Phi) is 5.04. The summed E-state index contributed by atoms with van der Waals surface area (Å²) in [4.78, 5) is 11.6. The minimum atomic E-state index is -3.93. The predicted molar refractivity (Wildman–Crippen MR) is 69.1 cm³/mol. The van der Waals surface area contributed by atoms with Gasteiger partial charge in [0.05, 0.1) is 23.2 Å². The molecule has 0 amide bonds. The number of methoxy groups -OCH3 is 1. The summed E-state index contributed by atoms with van der Waals surface area (Å²) in [5.74, 6) is -0.594. The molecule has 6 nitrogen and oxygen atoms in total. The molecule has 0 spiro atoms. The molecule has 0 aliphatic rings. The number of sulfonamides is 1. The first kappa shape index (κ1) is 15.6. The van der Waals surface area contributed by atoms with Crippen molar-refractivity contribution in [2.75, 3.05) is 7.11 Å². The van der Waals surface area contributed by atoms with Crippen LogP contribution in [-0.2, 0) is 26.1 Å². The number of rotatable bonds is 5. The number of carbonyl (C=O) groups is 1. The van der Waals surface area contributed by atoms with Gasteiger partial charge in [0.2, 0.25) is 10.0 Å². The Labute approximate surface area is 112 Å². The summed E-state index contributed by atoms with van der Waals surface area (Å²) in [5, 5.41) is 5.12. The first-order chi connectivity index (χ1) is 8.75. The average Bonchev–Trinajstić information content (AvgIpc) is 2.27. The molecule has 0 atom stereocenters. The van der Waals surface area contributed by atoms with Crippen LogP contribution in [0.2, 0.25) is 0 Å². The normalized spacial score (nSPS) is 11.6. The van der Waals surface area contributed by atoms with E-state index in [0.717, 1.165) is 0 Å². The van der Waals surface area contributed by atoms with Crippen molar-refractivity contribution in [3.63, 3.8) is 0 Å². The monoisotopic (exact) mass is 287 g/mol. The Morgan fingerprint density at radius 1 is 1.37 bits per heavy atom. The molecule has 0 aromatic heterocycles. The molecule has 0 saturated carbocycles. The smallest absolute Gasteiger partial charge is 0.338 e. The van der Waals surface area contributed by atoms with Crippen molar-refractivity contribution in [2.45, 2.75) is 31.5 Å². The molecule has 19 heavy (non-hydrogen) atoms. The van der Waals surface area contributed by atoms with Gasteiger partial charge in [-0.3, -0.25) is 0 Å². The van der Waals surface area contributed by atoms with Gasteiger partial charge in [0, 0.05) is 7.11 Å². The van der Waals surface area contributed by atoms with Gasteiger partial charge in [0.25, 0.3) is 0 Å². The van der Waals surface area contributed by atoms with Gasteiger partial charge in [-0.2, -0.15) is 0 Å². The molecular formula is C12H17NO5S. The van der Waals surface area contributed by atoms with E-state index in [1.165, 1.54) is 25.3 Å². The van der Waals surface area contributed by atoms with Crippen LogP contribution in [0.1, 0.15) is 29.8 Å². The summed E-state index contributed by atoms with van der Waals surface area (Å²) in [6.45, 7) is 3.50. The van der Waals surface area contributed by atoms with Gasteiger partial charge in [-0.1, -0.05) is 6.07 Å². The van der Waals surface area contributed by atoms with E-state index in [4.69, 9.17) is 14.6 Å². The van der Waals surface area contributed by atoms with Crippen molar-refractivity contribution < 1.29 is 22.7 Å². The highest BCUT2D eigenvalue weighted by atomic mass is 32.2. The maximum Gasteiger partial charge on any atom is 0.338 e. The summed E-state index contributed by atoms with van der Waals surface area (Å²) in [6, 6.07) is 4.17. The van der Waals surface area contributed by atoms with Crippen LogP contribution in [0, 0.1) is 0 Å². The minimum Gasteiger partial charge on any atom is -0.459 e. The molecule has 0 saturated heterocycles. The van der Waals surface area contributed by atoms with Gasteiger partial charge in [0.15, 0.2) is 0 Å². The number of primary sulfonamides is 1. The van der Waals surface area contributed by atoms with E-state index >= 15 is 0 Å². The molecular weight excluding hydrogens is 270 g/mol. The van der Waals surface area contributed by atoms with Gasteiger partial charge in [-0.05, 0) is 31.5 Å². The van der Waals surface area contributed by atoms with Crippen LogP contribution in [0.4, 0.5) is 0 Å². The van der Waals surface area contributed by atoms with Crippen LogP contribution >= 0.6 is 0 Å². The second-order valence-electron chi connectivity index (χ2n) is 4.25. The molecule has 0 fully saturated rings. The lowest BCUT2D eigenvalue weighted by Gasteiger charge is -2.11. The number of benzene rings is 1. The van der Waals surface area contributed by atoms with Gasteiger partial charge in [0.1, 0.15) is 0 Å². The number of hydrogen-bond acceptors (Lipinski definition) is 5. The number of hydrogen-bond donors (Lipinski definition) is 1. The molecule has 2 N–H and O–H groups in total. The molecule has 1 aromatic rings. The van der Waals surface area contributed by atoms with Gasteiger partial charge >= 0.3 is 5.97 Å². The Balaban J connectivity index is 3.22. The van der Waals surface area contributed by atoms with Crippen LogP contribution in [0.3, 0.4) is 0 Å². The zero-order valence-electron chi connectivity index (χ0n) is 11.0. The molecule has 1 aromatic carbocycles.